The summed E-state index contributed by atoms with van der Waals surface area (Å²) in [5.41, 5.74) is 2.95. The molecule has 1 aliphatic carbocycles. The van der Waals surface area contributed by atoms with E-state index in [9.17, 15) is 14.4 Å². The lowest BCUT2D eigenvalue weighted by Gasteiger charge is -2.32. The Labute approximate surface area is 234 Å². The smallest absolute Gasteiger partial charge is 0.257 e. The topological polar surface area (TPSA) is 78.5 Å². The van der Waals surface area contributed by atoms with Crippen LogP contribution in [0.5, 0.6) is 0 Å². The van der Waals surface area contributed by atoms with Gasteiger partial charge in [-0.05, 0) is 74.3 Å². The molecule has 1 saturated heterocycles. The number of hydrogen-bond acceptors (Lipinski definition) is 5. The van der Waals surface area contributed by atoms with Gasteiger partial charge in [-0.15, -0.1) is 12.4 Å². The maximum Gasteiger partial charge on any atom is 0.257 e. The first-order valence-corrected chi connectivity index (χ1v) is 13.1. The average molecular weight is 548 g/mol. The first-order valence-electron chi connectivity index (χ1n) is 12.7. The molecule has 1 amide bonds. The van der Waals surface area contributed by atoms with Crippen LogP contribution in [-0.4, -0.2) is 47.1 Å². The molecule has 0 radical (unpaired) electrons. The van der Waals surface area contributed by atoms with Crippen molar-refractivity contribution >= 4 is 47.2 Å². The molecule has 5 rings (SSSR count). The summed E-state index contributed by atoms with van der Waals surface area (Å²) < 4.78 is 0. The largest absolute Gasteiger partial charge is 0.362 e. The van der Waals surface area contributed by atoms with Crippen molar-refractivity contribution in [3.8, 4) is 0 Å². The lowest BCUT2D eigenvalue weighted by atomic mass is 9.83. The number of piperidine rings is 1. The highest BCUT2D eigenvalue weighted by Gasteiger charge is 2.30. The summed E-state index contributed by atoms with van der Waals surface area (Å²) >= 11 is 5.33. The minimum absolute atomic E-state index is 0. The molecular weight excluding hydrogens is 518 g/mol. The molecule has 8 heteroatoms. The molecule has 0 bridgehead atoms. The Kier molecular flexibility index (Phi) is 9.05. The van der Waals surface area contributed by atoms with E-state index in [-0.39, 0.29) is 40.2 Å². The fourth-order valence-corrected chi connectivity index (χ4v) is 5.32. The molecule has 1 heterocycles. The van der Waals surface area contributed by atoms with Crippen LogP contribution in [0.4, 0.5) is 0 Å². The third-order valence-corrected chi connectivity index (χ3v) is 7.46. The molecule has 196 valence electrons. The number of halogens is 1. The Morgan fingerprint density at radius 2 is 1.45 bits per heavy atom. The lowest BCUT2D eigenvalue weighted by Crippen LogP contribution is -2.40. The summed E-state index contributed by atoms with van der Waals surface area (Å²) in [6, 6.07) is 21.9. The number of likely N-dealkylation sites (tertiary alicyclic amines) is 1. The molecule has 3 aromatic carbocycles. The molecule has 0 unspecified atom stereocenters. The van der Waals surface area contributed by atoms with Gasteiger partial charge >= 0.3 is 0 Å². The van der Waals surface area contributed by atoms with E-state index in [0.717, 1.165) is 38.9 Å². The van der Waals surface area contributed by atoms with Crippen LogP contribution in [0.2, 0.25) is 0 Å². The van der Waals surface area contributed by atoms with Gasteiger partial charge < -0.3 is 5.32 Å². The molecule has 0 spiro atoms. The Balaban J connectivity index is 0.00000336. The van der Waals surface area contributed by atoms with Gasteiger partial charge in [-0.1, -0.05) is 54.6 Å². The van der Waals surface area contributed by atoms with Crippen molar-refractivity contribution < 1.29 is 14.4 Å². The van der Waals surface area contributed by atoms with Crippen molar-refractivity contribution in [2.45, 2.75) is 25.8 Å². The minimum Gasteiger partial charge on any atom is -0.362 e. The number of carbonyl (C=O) groups excluding carboxylic acids is 3. The van der Waals surface area contributed by atoms with Gasteiger partial charge in [-0.2, -0.15) is 0 Å². The van der Waals surface area contributed by atoms with Crippen molar-refractivity contribution in [2.24, 2.45) is 5.92 Å². The second-order valence-electron chi connectivity index (χ2n) is 9.67. The van der Waals surface area contributed by atoms with Crippen molar-refractivity contribution in [3.05, 3.63) is 106 Å². The number of fused-ring (bicyclic) bond motifs is 2. The highest BCUT2D eigenvalue weighted by atomic mass is 35.5. The van der Waals surface area contributed by atoms with Crippen LogP contribution in [0.15, 0.2) is 72.8 Å². The van der Waals surface area contributed by atoms with Crippen molar-refractivity contribution in [1.29, 1.82) is 0 Å². The number of thiocarbonyl (C=S) groups is 1. The van der Waals surface area contributed by atoms with E-state index in [0.29, 0.717) is 29.2 Å². The van der Waals surface area contributed by atoms with E-state index in [1.54, 1.807) is 36.4 Å². The molecule has 3 aromatic rings. The summed E-state index contributed by atoms with van der Waals surface area (Å²) in [7, 11) is 0. The zero-order valence-corrected chi connectivity index (χ0v) is 22.6. The van der Waals surface area contributed by atoms with Crippen molar-refractivity contribution in [3.63, 3.8) is 0 Å². The highest BCUT2D eigenvalue weighted by Crippen LogP contribution is 2.28. The van der Waals surface area contributed by atoms with E-state index in [2.05, 4.69) is 39.8 Å². The number of amides is 1. The highest BCUT2D eigenvalue weighted by molar-refractivity contribution is 7.80. The van der Waals surface area contributed by atoms with E-state index in [4.69, 9.17) is 12.2 Å². The SMILES string of the molecule is Cl.O=C(NC(=S)NCCC1CCN(Cc2ccccc2)CC1)c1ccc2c(c1)C(=O)c1ccccc1C2=O. The maximum absolute atomic E-state index is 12.9. The van der Waals surface area contributed by atoms with E-state index >= 15 is 0 Å². The Morgan fingerprint density at radius 1 is 0.842 bits per heavy atom. The third kappa shape index (κ3) is 6.18. The predicted octanol–water partition coefficient (Wildman–Crippen LogP) is 4.79. The zero-order valence-electron chi connectivity index (χ0n) is 20.9. The molecular formula is C30H30ClN3O3S. The fraction of sp³-hybridized carbons (Fsp3) is 0.267. The summed E-state index contributed by atoms with van der Waals surface area (Å²) in [6.45, 7) is 3.86. The third-order valence-electron chi connectivity index (χ3n) is 7.21. The number of benzene rings is 3. The van der Waals surface area contributed by atoms with Crippen LogP contribution < -0.4 is 10.6 Å². The van der Waals surface area contributed by atoms with Gasteiger partial charge in [0.15, 0.2) is 16.7 Å². The number of rotatable bonds is 6. The van der Waals surface area contributed by atoms with Crippen LogP contribution in [0.3, 0.4) is 0 Å². The Hall–Kier alpha value is -3.39. The van der Waals surface area contributed by atoms with E-state index < -0.39 is 5.91 Å². The molecule has 38 heavy (non-hydrogen) atoms. The predicted molar refractivity (Wildman–Crippen MR) is 154 cm³/mol. The fourth-order valence-electron chi connectivity index (χ4n) is 5.12. The first-order chi connectivity index (χ1) is 18.0. The molecule has 0 atom stereocenters. The van der Waals surface area contributed by atoms with Gasteiger partial charge in [0.1, 0.15) is 0 Å². The van der Waals surface area contributed by atoms with Gasteiger partial charge in [-0.3, -0.25) is 24.6 Å². The van der Waals surface area contributed by atoms with Crippen molar-refractivity contribution in [1.82, 2.24) is 15.5 Å². The minimum atomic E-state index is -0.409. The second kappa shape index (κ2) is 12.4. The lowest BCUT2D eigenvalue weighted by molar-refractivity contribution is 0.0970. The number of nitrogens with zero attached hydrogens (tertiary/aromatic N) is 1. The quantitative estimate of drug-likeness (QED) is 0.338. The van der Waals surface area contributed by atoms with Crippen molar-refractivity contribution in [2.75, 3.05) is 19.6 Å². The molecule has 0 saturated carbocycles. The summed E-state index contributed by atoms with van der Waals surface area (Å²) in [5, 5.41) is 6.10. The first kappa shape index (κ1) is 27.6. The molecule has 1 fully saturated rings. The van der Waals surface area contributed by atoms with Gasteiger partial charge in [-0.25, -0.2) is 0 Å². The van der Waals surface area contributed by atoms with Gasteiger partial charge in [0.2, 0.25) is 0 Å². The van der Waals surface area contributed by atoms with Gasteiger partial charge in [0.25, 0.3) is 5.91 Å². The Bertz CT molecular complexity index is 1350. The van der Waals surface area contributed by atoms with Crippen LogP contribution in [-0.2, 0) is 6.54 Å². The molecule has 1 aliphatic heterocycles. The van der Waals surface area contributed by atoms with Gasteiger partial charge in [0.05, 0.1) is 0 Å². The van der Waals surface area contributed by atoms with Gasteiger partial charge in [0, 0.05) is 40.9 Å². The number of nitrogens with one attached hydrogen (secondary N) is 2. The number of hydrogen-bond donors (Lipinski definition) is 2. The maximum atomic E-state index is 12.9. The molecule has 0 aromatic heterocycles. The van der Waals surface area contributed by atoms with Crippen LogP contribution in [0.1, 0.15) is 67.0 Å². The number of ketones is 2. The molecule has 2 N–H and O–H groups in total. The second-order valence-corrected chi connectivity index (χ2v) is 10.1. The van der Waals surface area contributed by atoms with E-state index in [1.165, 1.54) is 11.6 Å². The number of carbonyl (C=O) groups is 3. The van der Waals surface area contributed by atoms with Crippen LogP contribution in [0, 0.1) is 5.92 Å². The summed E-state index contributed by atoms with van der Waals surface area (Å²) in [5.74, 6) is -0.241. The summed E-state index contributed by atoms with van der Waals surface area (Å²) in [4.78, 5) is 41.0. The van der Waals surface area contributed by atoms with Crippen LogP contribution >= 0.6 is 24.6 Å². The summed E-state index contributed by atoms with van der Waals surface area (Å²) in [6.07, 6.45) is 3.29. The molecule has 2 aliphatic rings. The zero-order chi connectivity index (χ0) is 25.8. The molecule has 6 nitrogen and oxygen atoms in total. The van der Waals surface area contributed by atoms with E-state index in [1.807, 2.05) is 6.07 Å². The Morgan fingerprint density at radius 3 is 2.13 bits per heavy atom. The van der Waals surface area contributed by atoms with Crippen LogP contribution in [0.25, 0.3) is 0 Å². The standard InChI is InChI=1S/C30H29N3O3S.ClH/c34-27-23-8-4-5-9-24(23)28(35)26-18-22(10-11-25(26)27)29(36)32-30(37)31-15-12-20-13-16-33(17-14-20)19-21-6-2-1-3-7-21;/h1-11,18,20H,12-17,19H2,(H2,31,32,36,37);1H. The normalized spacial score (nSPS) is 15.2. The average Bonchev–Trinajstić information content (AvgIpc) is 2.93. The monoisotopic (exact) mass is 547 g/mol.